The molecule has 2 aromatic rings. The van der Waals surface area contributed by atoms with Crippen LogP contribution in [0.4, 0.5) is 5.69 Å². The molecule has 0 saturated carbocycles. The molecule has 0 spiro atoms. The van der Waals surface area contributed by atoms with Gasteiger partial charge in [0.1, 0.15) is 5.75 Å². The van der Waals surface area contributed by atoms with Crippen molar-refractivity contribution >= 4 is 17.6 Å². The minimum absolute atomic E-state index is 0.0497. The zero-order valence-corrected chi connectivity index (χ0v) is 16.2. The molecule has 0 saturated heterocycles. The van der Waals surface area contributed by atoms with E-state index in [1.807, 2.05) is 63.2 Å². The van der Waals surface area contributed by atoms with Crippen molar-refractivity contribution in [1.29, 1.82) is 0 Å². The van der Waals surface area contributed by atoms with Crippen molar-refractivity contribution in [2.45, 2.75) is 39.2 Å². The van der Waals surface area contributed by atoms with E-state index in [1.165, 1.54) is 7.11 Å². The number of carbonyl (C=O) groups is 2. The van der Waals surface area contributed by atoms with E-state index in [-0.39, 0.29) is 30.4 Å². The predicted octanol–water partition coefficient (Wildman–Crippen LogP) is 3.76. The summed E-state index contributed by atoms with van der Waals surface area (Å²) in [6.07, 6.45) is 0.527. The summed E-state index contributed by atoms with van der Waals surface area (Å²) in [5, 5.41) is 0. The van der Waals surface area contributed by atoms with E-state index in [0.717, 1.165) is 22.4 Å². The van der Waals surface area contributed by atoms with E-state index >= 15 is 0 Å². The lowest BCUT2D eigenvalue weighted by Crippen LogP contribution is -2.46. The molecule has 1 aliphatic heterocycles. The number of ether oxygens (including phenoxy) is 2. The van der Waals surface area contributed by atoms with Crippen LogP contribution < -0.4 is 9.64 Å². The normalized spacial score (nSPS) is 18.6. The van der Waals surface area contributed by atoms with E-state index in [1.54, 1.807) is 4.90 Å². The maximum Gasteiger partial charge on any atom is 0.313 e. The van der Waals surface area contributed by atoms with Crippen LogP contribution in [0.1, 0.15) is 36.0 Å². The zero-order valence-electron chi connectivity index (χ0n) is 16.2. The molecule has 0 aromatic heterocycles. The van der Waals surface area contributed by atoms with Crippen molar-refractivity contribution in [3.05, 3.63) is 59.2 Å². The molecule has 1 aliphatic rings. The van der Waals surface area contributed by atoms with Gasteiger partial charge in [-0.15, -0.1) is 0 Å². The Morgan fingerprint density at radius 2 is 1.85 bits per heavy atom. The number of amides is 1. The first kappa shape index (κ1) is 19.0. The van der Waals surface area contributed by atoms with Gasteiger partial charge in [-0.1, -0.05) is 30.3 Å². The van der Waals surface area contributed by atoms with Crippen LogP contribution in [0.15, 0.2) is 42.5 Å². The number of fused-ring (bicyclic) bond motifs is 1. The van der Waals surface area contributed by atoms with E-state index < -0.39 is 0 Å². The zero-order chi connectivity index (χ0) is 19.6. The number of methoxy groups -OCH3 is 1. The lowest BCUT2D eigenvalue weighted by atomic mass is 9.86. The van der Waals surface area contributed by atoms with Crippen molar-refractivity contribution in [3.8, 4) is 5.75 Å². The lowest BCUT2D eigenvalue weighted by Gasteiger charge is -2.38. The second-order valence-electron chi connectivity index (χ2n) is 6.97. The number of para-hydroxylation sites is 1. The van der Waals surface area contributed by atoms with Gasteiger partial charge < -0.3 is 14.4 Å². The van der Waals surface area contributed by atoms with Crippen LogP contribution in [0.3, 0.4) is 0 Å². The van der Waals surface area contributed by atoms with Gasteiger partial charge >= 0.3 is 5.97 Å². The molecule has 2 aromatic carbocycles. The minimum Gasteiger partial charge on any atom is -0.483 e. The minimum atomic E-state index is -0.356. The van der Waals surface area contributed by atoms with Gasteiger partial charge in [-0.2, -0.15) is 0 Å². The standard InChI is InChI=1S/C22H25NO4/c1-14-8-7-11-20(16(14)3)27-13-21(24)23-15(2)12-18(22(25)26-4)17-9-5-6-10-19(17)23/h5-11,15,18H,12-13H2,1-4H3. The van der Waals surface area contributed by atoms with Crippen molar-refractivity contribution in [2.75, 3.05) is 18.6 Å². The van der Waals surface area contributed by atoms with E-state index in [9.17, 15) is 9.59 Å². The molecule has 0 aliphatic carbocycles. The predicted molar refractivity (Wildman–Crippen MR) is 104 cm³/mol. The van der Waals surface area contributed by atoms with Gasteiger partial charge in [0.2, 0.25) is 0 Å². The largest absolute Gasteiger partial charge is 0.483 e. The highest BCUT2D eigenvalue weighted by Crippen LogP contribution is 2.39. The van der Waals surface area contributed by atoms with Gasteiger partial charge in [0.05, 0.1) is 13.0 Å². The molecule has 0 bridgehead atoms. The van der Waals surface area contributed by atoms with Crippen LogP contribution in [-0.2, 0) is 14.3 Å². The van der Waals surface area contributed by atoms with Gasteiger partial charge in [-0.05, 0) is 56.0 Å². The molecule has 142 valence electrons. The smallest absolute Gasteiger partial charge is 0.313 e. The highest BCUT2D eigenvalue weighted by molar-refractivity contribution is 5.98. The SMILES string of the molecule is COC(=O)C1CC(C)N(C(=O)COc2cccc(C)c2C)c2ccccc21. The fourth-order valence-corrected chi connectivity index (χ4v) is 3.65. The number of aryl methyl sites for hydroxylation is 1. The molecule has 27 heavy (non-hydrogen) atoms. The topological polar surface area (TPSA) is 55.8 Å². The maximum atomic E-state index is 13.0. The van der Waals surface area contributed by atoms with Crippen LogP contribution in [0, 0.1) is 13.8 Å². The molecule has 0 fully saturated rings. The van der Waals surface area contributed by atoms with Crippen LogP contribution in [-0.4, -0.2) is 31.6 Å². The van der Waals surface area contributed by atoms with Gasteiger partial charge in [0.25, 0.3) is 5.91 Å². The lowest BCUT2D eigenvalue weighted by molar-refractivity contribution is -0.143. The summed E-state index contributed by atoms with van der Waals surface area (Å²) in [5.41, 5.74) is 3.73. The Morgan fingerprint density at radius 1 is 1.11 bits per heavy atom. The molecular weight excluding hydrogens is 342 g/mol. The van der Waals surface area contributed by atoms with Gasteiger partial charge in [0, 0.05) is 11.7 Å². The van der Waals surface area contributed by atoms with Crippen LogP contribution in [0.25, 0.3) is 0 Å². The molecule has 2 atom stereocenters. The molecule has 3 rings (SSSR count). The average molecular weight is 367 g/mol. The number of benzene rings is 2. The summed E-state index contributed by atoms with van der Waals surface area (Å²) in [6.45, 7) is 5.89. The Bertz CT molecular complexity index is 861. The second-order valence-corrected chi connectivity index (χ2v) is 6.97. The fraction of sp³-hybridized carbons (Fsp3) is 0.364. The van der Waals surface area contributed by atoms with Gasteiger partial charge in [-0.3, -0.25) is 9.59 Å². The molecule has 1 amide bonds. The Kier molecular flexibility index (Phi) is 5.49. The summed E-state index contributed by atoms with van der Waals surface area (Å²) in [6, 6.07) is 13.2. The van der Waals surface area contributed by atoms with E-state index in [4.69, 9.17) is 9.47 Å². The average Bonchev–Trinajstić information content (AvgIpc) is 2.67. The number of hydrogen-bond donors (Lipinski definition) is 0. The Hall–Kier alpha value is -2.82. The van der Waals surface area contributed by atoms with Crippen molar-refractivity contribution < 1.29 is 19.1 Å². The molecule has 2 unspecified atom stereocenters. The number of carbonyl (C=O) groups excluding carboxylic acids is 2. The van der Waals surface area contributed by atoms with Crippen molar-refractivity contribution in [3.63, 3.8) is 0 Å². The first-order valence-corrected chi connectivity index (χ1v) is 9.11. The van der Waals surface area contributed by atoms with Crippen LogP contribution >= 0.6 is 0 Å². The third-order valence-corrected chi connectivity index (χ3v) is 5.25. The third-order valence-electron chi connectivity index (χ3n) is 5.25. The van der Waals surface area contributed by atoms with Gasteiger partial charge in [0.15, 0.2) is 6.61 Å². The van der Waals surface area contributed by atoms with Gasteiger partial charge in [-0.25, -0.2) is 0 Å². The molecule has 5 heteroatoms. The number of esters is 1. The third kappa shape index (κ3) is 3.68. The highest BCUT2D eigenvalue weighted by Gasteiger charge is 2.37. The molecule has 1 heterocycles. The molecule has 0 N–H and O–H groups in total. The van der Waals surface area contributed by atoms with E-state index in [0.29, 0.717) is 12.2 Å². The first-order chi connectivity index (χ1) is 12.9. The Balaban J connectivity index is 1.83. The second kappa shape index (κ2) is 7.82. The number of nitrogens with zero attached hydrogens (tertiary/aromatic N) is 1. The number of rotatable bonds is 4. The summed E-state index contributed by atoms with van der Waals surface area (Å²) in [4.78, 5) is 26.9. The summed E-state index contributed by atoms with van der Waals surface area (Å²) in [5.74, 6) is -0.0360. The Labute approximate surface area is 159 Å². The van der Waals surface area contributed by atoms with Crippen molar-refractivity contribution in [1.82, 2.24) is 0 Å². The van der Waals surface area contributed by atoms with Crippen LogP contribution in [0.5, 0.6) is 5.75 Å². The maximum absolute atomic E-state index is 13.0. The quantitative estimate of drug-likeness (QED) is 0.772. The first-order valence-electron chi connectivity index (χ1n) is 9.11. The summed E-state index contributed by atoms with van der Waals surface area (Å²) in [7, 11) is 1.39. The van der Waals surface area contributed by atoms with Crippen LogP contribution in [0.2, 0.25) is 0 Å². The van der Waals surface area contributed by atoms with Crippen molar-refractivity contribution in [2.24, 2.45) is 0 Å². The molecule has 5 nitrogen and oxygen atoms in total. The summed E-state index contributed by atoms with van der Waals surface area (Å²) >= 11 is 0. The molecular formula is C22H25NO4. The number of hydrogen-bond acceptors (Lipinski definition) is 4. The monoisotopic (exact) mass is 367 g/mol. The van der Waals surface area contributed by atoms with E-state index in [2.05, 4.69) is 0 Å². The Morgan fingerprint density at radius 3 is 2.59 bits per heavy atom. The fourth-order valence-electron chi connectivity index (χ4n) is 3.65. The number of anilines is 1. The molecule has 0 radical (unpaired) electrons. The summed E-state index contributed by atoms with van der Waals surface area (Å²) < 4.78 is 10.8. The highest BCUT2D eigenvalue weighted by atomic mass is 16.5.